The van der Waals surface area contributed by atoms with E-state index in [0.717, 1.165) is 18.7 Å². The lowest BCUT2D eigenvalue weighted by Crippen LogP contribution is -2.32. The first kappa shape index (κ1) is 13.1. The second-order valence-corrected chi connectivity index (χ2v) is 5.08. The maximum absolute atomic E-state index is 6.00. The van der Waals surface area contributed by atoms with Crippen molar-refractivity contribution in [3.05, 3.63) is 6.33 Å². The highest BCUT2D eigenvalue weighted by atomic mass is 16.5. The molecule has 0 spiro atoms. The summed E-state index contributed by atoms with van der Waals surface area (Å²) in [5.74, 6) is 0.939. The number of methoxy groups -OCH3 is 1. The van der Waals surface area contributed by atoms with Gasteiger partial charge in [-0.3, -0.25) is 4.57 Å². The second kappa shape index (κ2) is 5.62. The molecule has 2 aromatic rings. The molecule has 20 heavy (non-hydrogen) atoms. The van der Waals surface area contributed by atoms with E-state index < -0.39 is 0 Å². The number of hydrogen-bond acceptors (Lipinski definition) is 6. The summed E-state index contributed by atoms with van der Waals surface area (Å²) in [5, 5.41) is 0. The third-order valence-corrected chi connectivity index (χ3v) is 3.81. The molecular weight excluding hydrogens is 256 g/mol. The maximum Gasteiger partial charge on any atom is 0.245 e. The van der Waals surface area contributed by atoms with E-state index in [-0.39, 0.29) is 0 Å². The molecule has 7 heteroatoms. The van der Waals surface area contributed by atoms with Crippen molar-refractivity contribution in [2.45, 2.75) is 25.8 Å². The summed E-state index contributed by atoms with van der Waals surface area (Å²) >= 11 is 0. The highest BCUT2D eigenvalue weighted by Crippen LogP contribution is 2.22. The van der Waals surface area contributed by atoms with Crippen molar-refractivity contribution in [1.29, 1.82) is 0 Å². The predicted molar refractivity (Wildman–Crippen MR) is 76.6 cm³/mol. The Morgan fingerprint density at radius 3 is 2.75 bits per heavy atom. The van der Waals surface area contributed by atoms with E-state index in [4.69, 9.17) is 10.5 Å². The van der Waals surface area contributed by atoms with E-state index >= 15 is 0 Å². The zero-order valence-corrected chi connectivity index (χ0v) is 11.7. The van der Waals surface area contributed by atoms with Crippen LogP contribution < -0.4 is 10.5 Å². The zero-order valence-electron chi connectivity index (χ0n) is 11.7. The van der Waals surface area contributed by atoms with Gasteiger partial charge in [0.15, 0.2) is 11.2 Å². The van der Waals surface area contributed by atoms with Gasteiger partial charge in [0.1, 0.15) is 6.33 Å². The Hall–Kier alpha value is -1.89. The molecule has 2 N–H and O–H groups in total. The molecule has 0 radical (unpaired) electrons. The minimum absolute atomic E-state index is 0.468. The topological polar surface area (TPSA) is 82.1 Å². The third-order valence-electron chi connectivity index (χ3n) is 3.81. The number of imidazole rings is 1. The molecule has 3 rings (SSSR count). The molecule has 0 aliphatic carbocycles. The highest BCUT2D eigenvalue weighted by Gasteiger charge is 2.16. The quantitative estimate of drug-likeness (QED) is 0.893. The number of rotatable bonds is 4. The second-order valence-electron chi connectivity index (χ2n) is 5.08. The zero-order chi connectivity index (χ0) is 13.9. The lowest BCUT2D eigenvalue weighted by atomic mass is 10.1. The van der Waals surface area contributed by atoms with Gasteiger partial charge in [-0.15, -0.1) is 0 Å². The summed E-state index contributed by atoms with van der Waals surface area (Å²) in [6.45, 7) is 4.11. The number of nitrogens with zero attached hydrogens (tertiary/aromatic N) is 5. The number of ether oxygens (including phenoxy) is 1. The molecule has 0 atom stereocenters. The maximum atomic E-state index is 6.00. The molecule has 3 heterocycles. The van der Waals surface area contributed by atoms with Crippen molar-refractivity contribution < 1.29 is 4.74 Å². The summed E-state index contributed by atoms with van der Waals surface area (Å²) in [4.78, 5) is 15.1. The molecule has 0 unspecified atom stereocenters. The summed E-state index contributed by atoms with van der Waals surface area (Å²) in [6, 6.07) is 0. The van der Waals surface area contributed by atoms with Crippen LogP contribution in [0.2, 0.25) is 0 Å². The van der Waals surface area contributed by atoms with Gasteiger partial charge in [-0.2, -0.15) is 4.98 Å². The Bertz CT molecular complexity index is 590. The molecule has 2 aromatic heterocycles. The largest absolute Gasteiger partial charge is 0.479 e. The van der Waals surface area contributed by atoms with Crippen LogP contribution in [-0.2, 0) is 6.54 Å². The van der Waals surface area contributed by atoms with E-state index in [1.54, 1.807) is 7.11 Å². The van der Waals surface area contributed by atoms with Gasteiger partial charge in [0.2, 0.25) is 11.8 Å². The molecule has 0 bridgehead atoms. The van der Waals surface area contributed by atoms with Crippen molar-refractivity contribution in [2.75, 3.05) is 32.5 Å². The predicted octanol–water partition coefficient (Wildman–Crippen LogP) is 0.903. The summed E-state index contributed by atoms with van der Waals surface area (Å²) in [5.41, 5.74) is 7.38. The first-order chi connectivity index (χ1) is 9.79. The fraction of sp³-hybridized carbons (Fsp3) is 0.615. The van der Waals surface area contributed by atoms with Gasteiger partial charge < -0.3 is 15.4 Å². The van der Waals surface area contributed by atoms with Crippen LogP contribution in [0.3, 0.4) is 0 Å². The molecule has 1 aliphatic heterocycles. The number of piperidine rings is 1. The van der Waals surface area contributed by atoms with Crippen LogP contribution in [-0.4, -0.2) is 51.2 Å². The lowest BCUT2D eigenvalue weighted by molar-refractivity contribution is 0.222. The lowest BCUT2D eigenvalue weighted by Gasteiger charge is -2.26. The number of anilines is 1. The van der Waals surface area contributed by atoms with E-state index in [1.807, 2.05) is 4.57 Å². The molecule has 1 saturated heterocycles. The highest BCUT2D eigenvalue weighted by molar-refractivity contribution is 5.78. The molecule has 7 nitrogen and oxygen atoms in total. The Morgan fingerprint density at radius 2 is 2.00 bits per heavy atom. The Labute approximate surface area is 117 Å². The number of nitrogen functional groups attached to an aromatic ring is 1. The number of hydrogen-bond donors (Lipinski definition) is 1. The van der Waals surface area contributed by atoms with Gasteiger partial charge in [0.25, 0.3) is 0 Å². The van der Waals surface area contributed by atoms with Gasteiger partial charge in [-0.1, -0.05) is 6.42 Å². The molecule has 0 saturated carbocycles. The summed E-state index contributed by atoms with van der Waals surface area (Å²) in [6.07, 6.45) is 5.41. The fourth-order valence-electron chi connectivity index (χ4n) is 2.73. The normalized spacial score (nSPS) is 16.6. The van der Waals surface area contributed by atoms with Gasteiger partial charge in [0, 0.05) is 13.1 Å². The smallest absolute Gasteiger partial charge is 0.245 e. The molecule has 1 fully saturated rings. The van der Waals surface area contributed by atoms with Gasteiger partial charge in [-0.25, -0.2) is 9.97 Å². The van der Waals surface area contributed by atoms with E-state index in [1.165, 1.54) is 38.7 Å². The van der Waals surface area contributed by atoms with Gasteiger partial charge in [0.05, 0.1) is 7.11 Å². The molecule has 0 amide bonds. The minimum atomic E-state index is 0.468. The summed E-state index contributed by atoms with van der Waals surface area (Å²) in [7, 11) is 1.57. The van der Waals surface area contributed by atoms with E-state index in [9.17, 15) is 0 Å². The molecule has 108 valence electrons. The Balaban J connectivity index is 1.82. The first-order valence-electron chi connectivity index (χ1n) is 7.02. The van der Waals surface area contributed by atoms with Crippen LogP contribution in [0, 0.1) is 0 Å². The number of fused-ring (bicyclic) bond motifs is 1. The van der Waals surface area contributed by atoms with Crippen molar-refractivity contribution >= 4 is 17.1 Å². The van der Waals surface area contributed by atoms with Gasteiger partial charge >= 0.3 is 0 Å². The number of likely N-dealkylation sites (tertiary alicyclic amines) is 1. The monoisotopic (exact) mass is 276 g/mol. The minimum Gasteiger partial charge on any atom is -0.479 e. The van der Waals surface area contributed by atoms with Crippen LogP contribution in [0.1, 0.15) is 19.3 Å². The van der Waals surface area contributed by atoms with Crippen LogP contribution in [0.15, 0.2) is 6.33 Å². The van der Waals surface area contributed by atoms with Crippen LogP contribution in [0.5, 0.6) is 5.88 Å². The third kappa shape index (κ3) is 2.40. The average molecular weight is 276 g/mol. The van der Waals surface area contributed by atoms with Crippen molar-refractivity contribution in [2.24, 2.45) is 0 Å². The van der Waals surface area contributed by atoms with Crippen molar-refractivity contribution in [3.8, 4) is 5.88 Å². The van der Waals surface area contributed by atoms with Crippen LogP contribution >= 0.6 is 0 Å². The fourth-order valence-corrected chi connectivity index (χ4v) is 2.73. The van der Waals surface area contributed by atoms with E-state index in [0.29, 0.717) is 17.3 Å². The van der Waals surface area contributed by atoms with Crippen molar-refractivity contribution in [3.63, 3.8) is 0 Å². The molecular formula is C13H20N6O. The van der Waals surface area contributed by atoms with Gasteiger partial charge in [-0.05, 0) is 25.9 Å². The van der Waals surface area contributed by atoms with Crippen molar-refractivity contribution in [1.82, 2.24) is 24.4 Å². The number of aromatic nitrogens is 4. The Kier molecular flexibility index (Phi) is 3.68. The van der Waals surface area contributed by atoms with E-state index in [2.05, 4.69) is 19.9 Å². The Morgan fingerprint density at radius 1 is 1.20 bits per heavy atom. The standard InChI is InChI=1S/C13H20N6O/c1-20-12-10-11(15-9-16-12)19(13(14)17-10)8-7-18-5-3-2-4-6-18/h9H,2-8H2,1H3,(H2,14,17). The molecule has 1 aliphatic rings. The first-order valence-corrected chi connectivity index (χ1v) is 7.02. The molecule has 0 aromatic carbocycles. The summed E-state index contributed by atoms with van der Waals surface area (Å²) < 4.78 is 7.14. The number of nitrogens with two attached hydrogens (primary N) is 1. The van der Waals surface area contributed by atoms with Crippen LogP contribution in [0.4, 0.5) is 5.95 Å². The average Bonchev–Trinajstić information content (AvgIpc) is 2.81. The SMILES string of the molecule is COc1ncnc2c1nc(N)n2CCN1CCCCC1. The van der Waals surface area contributed by atoms with Crippen LogP contribution in [0.25, 0.3) is 11.2 Å².